The monoisotopic (exact) mass is 442 g/mol. The molecule has 2 heterocycles. The molecular weight excluding hydrogens is 424 g/mol. The van der Waals surface area contributed by atoms with Crippen LogP contribution in [0.2, 0.25) is 0 Å². The lowest BCUT2D eigenvalue weighted by Gasteiger charge is -2.03. The van der Waals surface area contributed by atoms with Gasteiger partial charge in [0.2, 0.25) is 0 Å². The molecule has 0 aliphatic heterocycles. The van der Waals surface area contributed by atoms with Crippen LogP contribution < -0.4 is 0 Å². The highest BCUT2D eigenvalue weighted by atomic mass is 32.1. The van der Waals surface area contributed by atoms with Crippen LogP contribution in [0.4, 0.5) is 0 Å². The fourth-order valence-electron chi connectivity index (χ4n) is 4.72. The highest BCUT2D eigenvalue weighted by molar-refractivity contribution is 7.24. The lowest BCUT2D eigenvalue weighted by Crippen LogP contribution is -1.77. The largest absolute Gasteiger partial charge is 0.135 e. The van der Waals surface area contributed by atoms with Crippen LogP contribution in [0.1, 0.15) is 0 Å². The Kier molecular flexibility index (Phi) is 3.98. The third-order valence-corrected chi connectivity index (χ3v) is 8.53. The van der Waals surface area contributed by atoms with E-state index in [-0.39, 0.29) is 0 Å². The van der Waals surface area contributed by atoms with Gasteiger partial charge in [-0.25, -0.2) is 0 Å². The van der Waals surface area contributed by atoms with E-state index in [9.17, 15) is 0 Å². The van der Waals surface area contributed by atoms with Crippen LogP contribution in [0, 0.1) is 0 Å². The molecule has 0 atom stereocenters. The normalized spacial score (nSPS) is 11.8. The molecule has 0 spiro atoms. The summed E-state index contributed by atoms with van der Waals surface area (Å²) in [4.78, 5) is 2.67. The van der Waals surface area contributed by atoms with E-state index >= 15 is 0 Å². The fourth-order valence-corrected chi connectivity index (χ4v) is 6.98. The molecule has 0 aliphatic carbocycles. The maximum Gasteiger partial charge on any atom is 0.0361 e. The van der Waals surface area contributed by atoms with Crippen molar-refractivity contribution < 1.29 is 0 Å². The summed E-state index contributed by atoms with van der Waals surface area (Å²) >= 11 is 3.78. The number of hydrogen-bond acceptors (Lipinski definition) is 2. The van der Waals surface area contributed by atoms with E-state index in [1.54, 1.807) is 0 Å². The van der Waals surface area contributed by atoms with Gasteiger partial charge in [0.25, 0.3) is 0 Å². The third kappa shape index (κ3) is 2.81. The maximum atomic E-state index is 2.37. The molecule has 0 fully saturated rings. The molecule has 7 aromatic rings. The summed E-state index contributed by atoms with van der Waals surface area (Å²) in [6.07, 6.45) is 0. The van der Waals surface area contributed by atoms with Crippen LogP contribution in [0.5, 0.6) is 0 Å². The van der Waals surface area contributed by atoms with Crippen LogP contribution in [0.3, 0.4) is 0 Å². The van der Waals surface area contributed by atoms with Gasteiger partial charge in [-0.1, -0.05) is 84.9 Å². The number of fused-ring (bicyclic) bond motifs is 4. The molecule has 0 radical (unpaired) electrons. The second-order valence-electron chi connectivity index (χ2n) is 8.20. The number of benzene rings is 5. The molecule has 0 bridgehead atoms. The Balaban J connectivity index is 1.39. The summed E-state index contributed by atoms with van der Waals surface area (Å²) in [5.74, 6) is 0. The van der Waals surface area contributed by atoms with Gasteiger partial charge >= 0.3 is 0 Å². The summed E-state index contributed by atoms with van der Waals surface area (Å²) in [5, 5.41) is 7.89. The van der Waals surface area contributed by atoms with Crippen molar-refractivity contribution in [2.75, 3.05) is 0 Å². The smallest absolute Gasteiger partial charge is 0.0361 e. The molecule has 0 aliphatic rings. The average Bonchev–Trinajstić information content (AvgIpc) is 3.44. The Morgan fingerprint density at radius 1 is 0.375 bits per heavy atom. The minimum Gasteiger partial charge on any atom is -0.135 e. The minimum absolute atomic E-state index is 1.29. The molecule has 0 saturated carbocycles. The van der Waals surface area contributed by atoms with E-state index in [0.29, 0.717) is 0 Å². The molecule has 0 saturated heterocycles. The molecule has 0 unspecified atom stereocenters. The Morgan fingerprint density at radius 3 is 1.31 bits per heavy atom. The summed E-state index contributed by atoms with van der Waals surface area (Å²) < 4.78 is 2.70. The number of rotatable bonds is 2. The Morgan fingerprint density at radius 2 is 0.812 bits per heavy atom. The third-order valence-electron chi connectivity index (χ3n) is 6.27. The van der Waals surface area contributed by atoms with Gasteiger partial charge in [-0.2, -0.15) is 0 Å². The van der Waals surface area contributed by atoms with Gasteiger partial charge in [0.1, 0.15) is 0 Å². The van der Waals surface area contributed by atoms with Crippen molar-refractivity contribution in [2.45, 2.75) is 0 Å². The molecule has 2 aromatic heterocycles. The first-order valence-electron chi connectivity index (χ1n) is 10.8. The highest BCUT2D eigenvalue weighted by Gasteiger charge is 2.12. The van der Waals surface area contributed by atoms with E-state index in [1.807, 2.05) is 22.7 Å². The van der Waals surface area contributed by atoms with E-state index in [2.05, 4.69) is 109 Å². The minimum atomic E-state index is 1.29. The number of hydrogen-bond donors (Lipinski definition) is 0. The molecular formula is C30H18S2. The molecule has 5 aromatic carbocycles. The maximum absolute atomic E-state index is 2.37. The van der Waals surface area contributed by atoms with Gasteiger partial charge < -0.3 is 0 Å². The molecule has 0 amide bonds. The predicted octanol–water partition coefficient (Wildman–Crippen LogP) is 9.76. The topological polar surface area (TPSA) is 0 Å². The number of thiophene rings is 2. The standard InChI is InChI=1S/C30H18S2/c1-3-11-23-19(7-1)9-5-13-25(23)29-17-21-15-28-22(16-27(21)31-29)18-30(32-28)26-14-6-10-20-8-2-4-12-24(20)26/h1-18H. The average molecular weight is 443 g/mol. The van der Waals surface area contributed by atoms with Gasteiger partial charge in [-0.15, -0.1) is 22.7 Å². The first-order chi connectivity index (χ1) is 15.8. The quantitative estimate of drug-likeness (QED) is 0.250. The van der Waals surface area contributed by atoms with Crippen molar-refractivity contribution in [1.82, 2.24) is 0 Å². The SMILES string of the molecule is c1ccc2c(-c3cc4cc5sc(-c6cccc7ccccc67)cc5cc4s3)cccc2c1. The van der Waals surface area contributed by atoms with Crippen molar-refractivity contribution in [3.8, 4) is 20.9 Å². The van der Waals surface area contributed by atoms with Gasteiger partial charge in [0.05, 0.1) is 0 Å². The van der Waals surface area contributed by atoms with Gasteiger partial charge in [-0.3, -0.25) is 0 Å². The lowest BCUT2D eigenvalue weighted by molar-refractivity contribution is 1.74. The molecule has 7 rings (SSSR count). The Labute approximate surface area is 194 Å². The van der Waals surface area contributed by atoms with Crippen LogP contribution in [0.15, 0.2) is 109 Å². The van der Waals surface area contributed by atoms with E-state index < -0.39 is 0 Å². The van der Waals surface area contributed by atoms with Crippen molar-refractivity contribution in [1.29, 1.82) is 0 Å². The summed E-state index contributed by atoms with van der Waals surface area (Å²) in [6, 6.07) is 40.0. The van der Waals surface area contributed by atoms with Crippen molar-refractivity contribution in [3.05, 3.63) is 109 Å². The zero-order valence-electron chi connectivity index (χ0n) is 17.2. The second kappa shape index (κ2) is 7.03. The highest BCUT2D eigenvalue weighted by Crippen LogP contribution is 2.42. The van der Waals surface area contributed by atoms with E-state index in [4.69, 9.17) is 0 Å². The van der Waals surface area contributed by atoms with Gasteiger partial charge in [-0.05, 0) is 67.7 Å². The van der Waals surface area contributed by atoms with Gasteiger partial charge in [0.15, 0.2) is 0 Å². The van der Waals surface area contributed by atoms with Crippen LogP contribution in [0.25, 0.3) is 62.6 Å². The Bertz CT molecular complexity index is 1590. The second-order valence-corrected chi connectivity index (χ2v) is 10.4. The van der Waals surface area contributed by atoms with Crippen LogP contribution in [-0.4, -0.2) is 0 Å². The fraction of sp³-hybridized carbons (Fsp3) is 0. The van der Waals surface area contributed by atoms with Crippen molar-refractivity contribution in [3.63, 3.8) is 0 Å². The first-order valence-corrected chi connectivity index (χ1v) is 12.4. The van der Waals surface area contributed by atoms with E-state index in [1.165, 1.54) is 62.6 Å². The molecule has 2 heteroatoms. The Hall–Kier alpha value is -3.46. The van der Waals surface area contributed by atoms with Crippen molar-refractivity contribution in [2.24, 2.45) is 0 Å². The van der Waals surface area contributed by atoms with Crippen LogP contribution in [-0.2, 0) is 0 Å². The molecule has 0 N–H and O–H groups in total. The van der Waals surface area contributed by atoms with Crippen molar-refractivity contribution >= 4 is 64.4 Å². The molecule has 150 valence electrons. The summed E-state index contributed by atoms with van der Waals surface area (Å²) in [6.45, 7) is 0. The van der Waals surface area contributed by atoms with E-state index in [0.717, 1.165) is 0 Å². The molecule has 32 heavy (non-hydrogen) atoms. The first kappa shape index (κ1) is 18.1. The van der Waals surface area contributed by atoms with Crippen LogP contribution >= 0.6 is 22.7 Å². The summed E-state index contributed by atoms with van der Waals surface area (Å²) in [7, 11) is 0. The molecule has 0 nitrogen and oxygen atoms in total. The predicted molar refractivity (Wildman–Crippen MR) is 143 cm³/mol. The zero-order chi connectivity index (χ0) is 21.1. The summed E-state index contributed by atoms with van der Waals surface area (Å²) in [5.41, 5.74) is 2.65. The zero-order valence-corrected chi connectivity index (χ0v) is 18.8. The van der Waals surface area contributed by atoms with Gasteiger partial charge in [0, 0.05) is 19.2 Å². The lowest BCUT2D eigenvalue weighted by atomic mass is 10.0.